The monoisotopic (exact) mass is 499 g/mol. The molecule has 1 aliphatic heterocycles. The third-order valence-electron chi connectivity index (χ3n) is 6.95. The van der Waals surface area contributed by atoms with E-state index in [0.717, 1.165) is 47.2 Å². The third-order valence-corrected chi connectivity index (χ3v) is 6.95. The number of aromatic nitrogens is 5. The summed E-state index contributed by atoms with van der Waals surface area (Å²) in [7, 11) is 0. The van der Waals surface area contributed by atoms with Crippen LogP contribution in [0.5, 0.6) is 0 Å². The number of carbonyl (C=O) groups excluding carboxylic acids is 1. The van der Waals surface area contributed by atoms with Crippen molar-refractivity contribution in [3.63, 3.8) is 0 Å². The highest BCUT2D eigenvalue weighted by Crippen LogP contribution is 2.45. The number of amides is 1. The quantitative estimate of drug-likeness (QED) is 0.331. The van der Waals surface area contributed by atoms with E-state index in [1.807, 2.05) is 48.0 Å². The van der Waals surface area contributed by atoms with Crippen LogP contribution in [0.15, 0.2) is 36.4 Å². The van der Waals surface area contributed by atoms with Crippen LogP contribution in [0.4, 0.5) is 11.6 Å². The van der Waals surface area contributed by atoms with Gasteiger partial charge in [0, 0.05) is 18.7 Å². The standard InChI is InChI=1S/C27H29N7O3/c1-4-5-14-34-25-18(12-6-15(2)29-25)21(33-34)24-30-22(28)20-23(31-24)32-26(37)27(20,3)17-10-7-16(8-11-17)9-13-19(35)36/h6-8,10-12H,4-5,9,13-14H2,1-3H3,(H,35,36)(H3,28,30,31,32,37)/t27-/m1/s1. The normalized spacial score (nSPS) is 16.7. The van der Waals surface area contributed by atoms with Crippen LogP contribution in [0.25, 0.3) is 22.6 Å². The molecule has 0 bridgehead atoms. The summed E-state index contributed by atoms with van der Waals surface area (Å²) in [6, 6.07) is 11.2. The van der Waals surface area contributed by atoms with E-state index >= 15 is 0 Å². The lowest BCUT2D eigenvalue weighted by Gasteiger charge is -2.23. The van der Waals surface area contributed by atoms with Gasteiger partial charge in [0.15, 0.2) is 11.5 Å². The van der Waals surface area contributed by atoms with Gasteiger partial charge in [-0.05, 0) is 49.9 Å². The zero-order valence-electron chi connectivity index (χ0n) is 21.1. The van der Waals surface area contributed by atoms with Gasteiger partial charge in [-0.25, -0.2) is 19.6 Å². The van der Waals surface area contributed by atoms with Gasteiger partial charge in [0.2, 0.25) is 5.91 Å². The van der Waals surface area contributed by atoms with Crippen molar-refractivity contribution in [3.8, 4) is 11.5 Å². The Morgan fingerprint density at radius 1 is 1.14 bits per heavy atom. The Kier molecular flexibility index (Phi) is 6.10. The average molecular weight is 500 g/mol. The largest absolute Gasteiger partial charge is 0.481 e. The molecule has 1 aromatic carbocycles. The van der Waals surface area contributed by atoms with Crippen LogP contribution in [0.2, 0.25) is 0 Å². The van der Waals surface area contributed by atoms with Crippen LogP contribution in [0.1, 0.15) is 55.5 Å². The number of nitrogens with one attached hydrogen (secondary N) is 1. The molecular formula is C27H29N7O3. The number of benzene rings is 1. The van der Waals surface area contributed by atoms with Gasteiger partial charge in [0.25, 0.3) is 0 Å². The van der Waals surface area contributed by atoms with Crippen LogP contribution in [0.3, 0.4) is 0 Å². The van der Waals surface area contributed by atoms with Gasteiger partial charge in [-0.1, -0.05) is 37.6 Å². The van der Waals surface area contributed by atoms with E-state index in [1.54, 1.807) is 6.92 Å². The molecule has 4 N–H and O–H groups in total. The number of pyridine rings is 1. The number of nitrogen functional groups attached to an aromatic ring is 1. The maximum Gasteiger partial charge on any atom is 0.303 e. The summed E-state index contributed by atoms with van der Waals surface area (Å²) in [4.78, 5) is 38.2. The fourth-order valence-corrected chi connectivity index (χ4v) is 4.82. The average Bonchev–Trinajstić information content (AvgIpc) is 3.36. The second kappa shape index (κ2) is 9.27. The fourth-order valence-electron chi connectivity index (χ4n) is 4.82. The molecule has 4 heterocycles. The predicted octanol–water partition coefficient (Wildman–Crippen LogP) is 3.85. The maximum absolute atomic E-state index is 13.3. The molecule has 37 heavy (non-hydrogen) atoms. The van der Waals surface area contributed by atoms with Crippen LogP contribution in [-0.2, 0) is 28.0 Å². The molecule has 5 rings (SSSR count). The number of aryl methyl sites for hydroxylation is 3. The summed E-state index contributed by atoms with van der Waals surface area (Å²) in [5, 5.41) is 17.4. The molecular weight excluding hydrogens is 470 g/mol. The van der Waals surface area contributed by atoms with E-state index in [1.165, 1.54) is 0 Å². The van der Waals surface area contributed by atoms with E-state index in [2.05, 4.69) is 22.2 Å². The van der Waals surface area contributed by atoms with E-state index in [-0.39, 0.29) is 18.1 Å². The topological polar surface area (TPSA) is 149 Å². The number of fused-ring (bicyclic) bond motifs is 2. The van der Waals surface area contributed by atoms with Gasteiger partial charge in [-0.15, -0.1) is 0 Å². The highest BCUT2D eigenvalue weighted by atomic mass is 16.4. The number of nitrogens with zero attached hydrogens (tertiary/aromatic N) is 5. The van der Waals surface area contributed by atoms with Crippen molar-refractivity contribution in [3.05, 3.63) is 58.8 Å². The number of unbranched alkanes of at least 4 members (excludes halogenated alkanes) is 1. The molecule has 0 aliphatic carbocycles. The number of hydrogen-bond acceptors (Lipinski definition) is 7. The third kappa shape index (κ3) is 4.18. The minimum Gasteiger partial charge on any atom is -0.481 e. The van der Waals surface area contributed by atoms with Crippen molar-refractivity contribution >= 4 is 34.5 Å². The van der Waals surface area contributed by atoms with Crippen LogP contribution < -0.4 is 11.1 Å². The molecule has 1 aliphatic rings. The van der Waals surface area contributed by atoms with Gasteiger partial charge in [0.05, 0.1) is 10.9 Å². The first-order chi connectivity index (χ1) is 17.7. The Morgan fingerprint density at radius 3 is 2.59 bits per heavy atom. The molecule has 190 valence electrons. The number of carboxylic acid groups (broad SMARTS) is 1. The number of nitrogens with two attached hydrogens (primary N) is 1. The smallest absolute Gasteiger partial charge is 0.303 e. The molecule has 0 unspecified atom stereocenters. The Hall–Kier alpha value is -4.34. The molecule has 0 radical (unpaired) electrons. The summed E-state index contributed by atoms with van der Waals surface area (Å²) in [6.07, 6.45) is 2.44. The lowest BCUT2D eigenvalue weighted by atomic mass is 9.77. The van der Waals surface area contributed by atoms with E-state index in [9.17, 15) is 9.59 Å². The van der Waals surface area contributed by atoms with E-state index in [4.69, 9.17) is 20.9 Å². The molecule has 1 amide bonds. The minimum atomic E-state index is -1.09. The number of anilines is 2. The molecule has 10 heteroatoms. The van der Waals surface area contributed by atoms with Crippen molar-refractivity contribution in [2.24, 2.45) is 0 Å². The van der Waals surface area contributed by atoms with Crippen molar-refractivity contribution in [1.29, 1.82) is 0 Å². The molecule has 4 aromatic rings. The second-order valence-corrected chi connectivity index (χ2v) is 9.57. The Bertz CT molecular complexity index is 1530. The molecule has 0 saturated carbocycles. The van der Waals surface area contributed by atoms with E-state index in [0.29, 0.717) is 29.3 Å². The maximum atomic E-state index is 13.3. The van der Waals surface area contributed by atoms with Crippen molar-refractivity contribution in [2.75, 3.05) is 11.1 Å². The summed E-state index contributed by atoms with van der Waals surface area (Å²) < 4.78 is 1.88. The first kappa shape index (κ1) is 24.4. The van der Waals surface area contributed by atoms with Gasteiger partial charge < -0.3 is 16.2 Å². The minimum absolute atomic E-state index is 0.0431. The van der Waals surface area contributed by atoms with Crippen molar-refractivity contribution in [2.45, 2.75) is 58.4 Å². The predicted molar refractivity (Wildman–Crippen MR) is 140 cm³/mol. The summed E-state index contributed by atoms with van der Waals surface area (Å²) >= 11 is 0. The van der Waals surface area contributed by atoms with Crippen molar-refractivity contribution < 1.29 is 14.7 Å². The van der Waals surface area contributed by atoms with Gasteiger partial charge in [0.1, 0.15) is 22.7 Å². The molecule has 0 fully saturated rings. The van der Waals surface area contributed by atoms with Crippen LogP contribution >= 0.6 is 0 Å². The first-order valence-electron chi connectivity index (χ1n) is 12.4. The summed E-state index contributed by atoms with van der Waals surface area (Å²) in [5.74, 6) is -0.214. The SMILES string of the molecule is CCCCn1nc(-c2nc(N)c3c(n2)NC(=O)[C@]3(C)c2ccc(CCC(=O)O)cc2)c2ccc(C)nc21. The van der Waals surface area contributed by atoms with Crippen LogP contribution in [0, 0.1) is 6.92 Å². The van der Waals surface area contributed by atoms with E-state index < -0.39 is 11.4 Å². The molecule has 10 nitrogen and oxygen atoms in total. The Balaban J connectivity index is 1.56. The first-order valence-corrected chi connectivity index (χ1v) is 12.4. The number of hydrogen-bond donors (Lipinski definition) is 3. The zero-order chi connectivity index (χ0) is 26.3. The zero-order valence-corrected chi connectivity index (χ0v) is 21.1. The highest BCUT2D eigenvalue weighted by Gasteiger charge is 2.47. The number of carboxylic acids is 1. The van der Waals surface area contributed by atoms with Crippen molar-refractivity contribution in [1.82, 2.24) is 24.7 Å². The van der Waals surface area contributed by atoms with Gasteiger partial charge >= 0.3 is 5.97 Å². The van der Waals surface area contributed by atoms with Gasteiger partial charge in [-0.3, -0.25) is 9.59 Å². The number of aliphatic carboxylic acids is 1. The second-order valence-electron chi connectivity index (χ2n) is 9.57. The molecule has 3 aromatic heterocycles. The number of rotatable bonds is 8. The lowest BCUT2D eigenvalue weighted by molar-refractivity contribution is -0.137. The molecule has 0 spiro atoms. The number of carbonyl (C=O) groups is 2. The summed E-state index contributed by atoms with van der Waals surface area (Å²) in [5.41, 5.74) is 9.74. The summed E-state index contributed by atoms with van der Waals surface area (Å²) in [6.45, 7) is 6.58. The highest BCUT2D eigenvalue weighted by molar-refractivity contribution is 6.09. The van der Waals surface area contributed by atoms with Gasteiger partial charge in [-0.2, -0.15) is 5.10 Å². The molecule has 0 saturated heterocycles. The van der Waals surface area contributed by atoms with Crippen LogP contribution in [-0.4, -0.2) is 41.7 Å². The lowest BCUT2D eigenvalue weighted by Crippen LogP contribution is -2.33. The Labute approximate surface area is 214 Å². The fraction of sp³-hybridized carbons (Fsp3) is 0.333. The molecule has 1 atom stereocenters. The Morgan fingerprint density at radius 2 is 1.89 bits per heavy atom.